The molecule has 1 saturated heterocycles. The average molecular weight is 293 g/mol. The first-order valence-electron chi connectivity index (χ1n) is 6.84. The second-order valence-corrected chi connectivity index (χ2v) is 4.72. The number of nitrogens with one attached hydrogen (secondary N) is 2. The fourth-order valence-electron chi connectivity index (χ4n) is 1.99. The van der Waals surface area contributed by atoms with E-state index in [1.54, 1.807) is 24.3 Å². The Kier molecular flexibility index (Phi) is 5.53. The number of amides is 2. The van der Waals surface area contributed by atoms with Gasteiger partial charge in [0, 0.05) is 19.6 Å². The summed E-state index contributed by atoms with van der Waals surface area (Å²) >= 11 is 0. The summed E-state index contributed by atoms with van der Waals surface area (Å²) in [5.74, 6) is -0.940. The molecule has 3 N–H and O–H groups in total. The van der Waals surface area contributed by atoms with Gasteiger partial charge in [-0.25, -0.2) is 14.6 Å². The molecule has 0 unspecified atom stereocenters. The van der Waals surface area contributed by atoms with E-state index in [0.29, 0.717) is 39.3 Å². The van der Waals surface area contributed by atoms with Crippen LogP contribution in [0.1, 0.15) is 15.9 Å². The molecule has 7 nitrogen and oxygen atoms in total. The van der Waals surface area contributed by atoms with Gasteiger partial charge >= 0.3 is 12.0 Å². The van der Waals surface area contributed by atoms with Crippen molar-refractivity contribution < 1.29 is 19.4 Å². The lowest BCUT2D eigenvalue weighted by Crippen LogP contribution is -2.51. The van der Waals surface area contributed by atoms with Gasteiger partial charge < -0.3 is 15.2 Å². The second kappa shape index (κ2) is 7.61. The number of benzene rings is 1. The van der Waals surface area contributed by atoms with Crippen LogP contribution < -0.4 is 10.7 Å². The number of hydrazine groups is 1. The maximum atomic E-state index is 11.7. The molecule has 2 rings (SSSR count). The van der Waals surface area contributed by atoms with Gasteiger partial charge in [-0.15, -0.1) is 0 Å². The topological polar surface area (TPSA) is 90.9 Å². The Balaban J connectivity index is 1.68. The Morgan fingerprint density at radius 3 is 2.48 bits per heavy atom. The van der Waals surface area contributed by atoms with Crippen molar-refractivity contribution in [1.29, 1.82) is 0 Å². The number of carbonyl (C=O) groups excluding carboxylic acids is 1. The molecule has 0 aromatic heterocycles. The number of aromatic carboxylic acids is 1. The minimum absolute atomic E-state index is 0.237. The van der Waals surface area contributed by atoms with Gasteiger partial charge in [0.1, 0.15) is 0 Å². The average Bonchev–Trinajstić information content (AvgIpc) is 2.49. The van der Waals surface area contributed by atoms with Crippen molar-refractivity contribution >= 4 is 12.0 Å². The van der Waals surface area contributed by atoms with Crippen LogP contribution >= 0.6 is 0 Å². The highest BCUT2D eigenvalue weighted by atomic mass is 16.5. The first-order valence-corrected chi connectivity index (χ1v) is 6.84. The summed E-state index contributed by atoms with van der Waals surface area (Å²) in [4.78, 5) is 22.4. The van der Waals surface area contributed by atoms with Crippen LogP contribution in [0.15, 0.2) is 24.3 Å². The minimum Gasteiger partial charge on any atom is -0.478 e. The lowest BCUT2D eigenvalue weighted by molar-refractivity contribution is 0.0195. The molecule has 0 atom stereocenters. The number of morpholine rings is 1. The summed E-state index contributed by atoms with van der Waals surface area (Å²) < 4.78 is 5.19. The first-order chi connectivity index (χ1) is 10.1. The smallest absolute Gasteiger partial charge is 0.335 e. The number of urea groups is 1. The van der Waals surface area contributed by atoms with Crippen molar-refractivity contribution in [1.82, 2.24) is 15.8 Å². The predicted molar refractivity (Wildman–Crippen MR) is 76.0 cm³/mol. The van der Waals surface area contributed by atoms with E-state index in [1.165, 1.54) is 0 Å². The van der Waals surface area contributed by atoms with E-state index in [0.717, 1.165) is 5.56 Å². The van der Waals surface area contributed by atoms with Crippen molar-refractivity contribution in [2.24, 2.45) is 0 Å². The van der Waals surface area contributed by atoms with Gasteiger partial charge in [-0.05, 0) is 24.1 Å². The summed E-state index contributed by atoms with van der Waals surface area (Å²) in [6, 6.07) is 6.39. The van der Waals surface area contributed by atoms with Crippen LogP contribution in [0, 0.1) is 0 Å². The van der Waals surface area contributed by atoms with Gasteiger partial charge in [0.15, 0.2) is 0 Å². The van der Waals surface area contributed by atoms with E-state index in [1.807, 2.05) is 5.01 Å². The van der Waals surface area contributed by atoms with E-state index in [-0.39, 0.29) is 11.6 Å². The number of nitrogens with zero attached hydrogens (tertiary/aromatic N) is 1. The van der Waals surface area contributed by atoms with E-state index >= 15 is 0 Å². The maximum absolute atomic E-state index is 11.7. The summed E-state index contributed by atoms with van der Waals surface area (Å²) in [5, 5.41) is 13.4. The fourth-order valence-corrected chi connectivity index (χ4v) is 1.99. The third kappa shape index (κ3) is 5.05. The molecule has 0 saturated carbocycles. The summed E-state index contributed by atoms with van der Waals surface area (Å²) in [6.45, 7) is 3.10. The van der Waals surface area contributed by atoms with Crippen LogP contribution in [0.4, 0.5) is 4.79 Å². The molecule has 21 heavy (non-hydrogen) atoms. The van der Waals surface area contributed by atoms with Crippen LogP contribution in [0.2, 0.25) is 0 Å². The normalized spacial score (nSPS) is 15.4. The lowest BCUT2D eigenvalue weighted by atomic mass is 10.1. The zero-order valence-electron chi connectivity index (χ0n) is 11.7. The van der Waals surface area contributed by atoms with Crippen molar-refractivity contribution in [3.05, 3.63) is 35.4 Å². The van der Waals surface area contributed by atoms with Crippen LogP contribution in [-0.2, 0) is 11.2 Å². The van der Waals surface area contributed by atoms with Gasteiger partial charge in [-0.3, -0.25) is 5.43 Å². The SMILES string of the molecule is O=C(NCCc1ccc(C(=O)O)cc1)NN1CCOCC1. The zero-order chi connectivity index (χ0) is 15.1. The van der Waals surface area contributed by atoms with Crippen LogP contribution in [0.5, 0.6) is 0 Å². The second-order valence-electron chi connectivity index (χ2n) is 4.72. The molecule has 114 valence electrons. The Labute approximate surface area is 122 Å². The van der Waals surface area contributed by atoms with Crippen molar-refractivity contribution in [2.45, 2.75) is 6.42 Å². The zero-order valence-corrected chi connectivity index (χ0v) is 11.7. The van der Waals surface area contributed by atoms with Crippen molar-refractivity contribution in [2.75, 3.05) is 32.8 Å². The molecule has 1 aliphatic heterocycles. The monoisotopic (exact) mass is 293 g/mol. The molecule has 0 aliphatic carbocycles. The number of ether oxygens (including phenoxy) is 1. The summed E-state index contributed by atoms with van der Waals surface area (Å²) in [6.07, 6.45) is 0.649. The molecular formula is C14H19N3O4. The lowest BCUT2D eigenvalue weighted by Gasteiger charge is -2.26. The van der Waals surface area contributed by atoms with Gasteiger partial charge in [0.2, 0.25) is 0 Å². The molecule has 0 spiro atoms. The number of carbonyl (C=O) groups is 2. The molecule has 2 amide bonds. The van der Waals surface area contributed by atoms with E-state index in [4.69, 9.17) is 9.84 Å². The van der Waals surface area contributed by atoms with Gasteiger partial charge in [0.25, 0.3) is 0 Å². The maximum Gasteiger partial charge on any atom is 0.335 e. The van der Waals surface area contributed by atoms with Crippen LogP contribution in [-0.4, -0.2) is 55.0 Å². The molecular weight excluding hydrogens is 274 g/mol. The van der Waals surface area contributed by atoms with E-state index < -0.39 is 5.97 Å². The summed E-state index contributed by atoms with van der Waals surface area (Å²) in [5.41, 5.74) is 3.99. The highest BCUT2D eigenvalue weighted by molar-refractivity contribution is 5.87. The fraction of sp³-hybridized carbons (Fsp3) is 0.429. The van der Waals surface area contributed by atoms with Crippen LogP contribution in [0.25, 0.3) is 0 Å². The number of rotatable bonds is 5. The third-order valence-electron chi connectivity index (χ3n) is 3.17. The molecule has 7 heteroatoms. The Bertz CT molecular complexity index is 483. The molecule has 0 radical (unpaired) electrons. The number of carboxylic acids is 1. The highest BCUT2D eigenvalue weighted by Crippen LogP contribution is 2.04. The number of carboxylic acid groups (broad SMARTS) is 1. The molecule has 1 fully saturated rings. The number of hydrogen-bond acceptors (Lipinski definition) is 4. The van der Waals surface area contributed by atoms with E-state index in [9.17, 15) is 9.59 Å². The van der Waals surface area contributed by atoms with E-state index in [2.05, 4.69) is 10.7 Å². The molecule has 1 aliphatic rings. The quantitative estimate of drug-likeness (QED) is 0.734. The minimum atomic E-state index is -0.940. The Morgan fingerprint density at radius 2 is 1.86 bits per heavy atom. The molecule has 1 aromatic rings. The van der Waals surface area contributed by atoms with Crippen molar-refractivity contribution in [3.63, 3.8) is 0 Å². The number of hydrogen-bond donors (Lipinski definition) is 3. The first kappa shape index (κ1) is 15.3. The summed E-state index contributed by atoms with van der Waals surface area (Å²) in [7, 11) is 0. The van der Waals surface area contributed by atoms with Crippen LogP contribution in [0.3, 0.4) is 0 Å². The van der Waals surface area contributed by atoms with Gasteiger partial charge in [0.05, 0.1) is 18.8 Å². The molecule has 0 bridgehead atoms. The third-order valence-corrected chi connectivity index (χ3v) is 3.17. The molecule has 1 heterocycles. The Morgan fingerprint density at radius 1 is 1.19 bits per heavy atom. The predicted octanol–water partition coefficient (Wildman–Crippen LogP) is 0.474. The Hall–Kier alpha value is -2.12. The van der Waals surface area contributed by atoms with Gasteiger partial charge in [-0.1, -0.05) is 12.1 Å². The van der Waals surface area contributed by atoms with Crippen molar-refractivity contribution in [3.8, 4) is 0 Å². The largest absolute Gasteiger partial charge is 0.478 e. The molecule has 1 aromatic carbocycles. The van der Waals surface area contributed by atoms with Gasteiger partial charge in [-0.2, -0.15) is 0 Å². The highest BCUT2D eigenvalue weighted by Gasteiger charge is 2.12. The standard InChI is InChI=1S/C14H19N3O4/c18-13(19)12-3-1-11(2-4-12)5-6-15-14(20)16-17-7-9-21-10-8-17/h1-4H,5-10H2,(H,18,19)(H2,15,16,20).